The van der Waals surface area contributed by atoms with Crippen LogP contribution in [-0.4, -0.2) is 62.7 Å². The van der Waals surface area contributed by atoms with Gasteiger partial charge < -0.3 is 25.3 Å². The Morgan fingerprint density at radius 3 is 1.95 bits per heavy atom. The first-order chi connectivity index (χ1) is 28.9. The number of benzene rings is 4. The summed E-state index contributed by atoms with van der Waals surface area (Å²) in [6, 6.07) is 36.4. The van der Waals surface area contributed by atoms with Crippen molar-refractivity contribution in [3.8, 4) is 11.4 Å². The summed E-state index contributed by atoms with van der Waals surface area (Å²) in [5.74, 6) is 0.902. The van der Waals surface area contributed by atoms with E-state index in [0.717, 1.165) is 54.3 Å². The van der Waals surface area contributed by atoms with E-state index < -0.39 is 5.97 Å². The average Bonchev–Trinajstić information content (AvgIpc) is 4.10. The highest BCUT2D eigenvalue weighted by atomic mass is 16.4. The Hall–Kier alpha value is -7.32. The van der Waals surface area contributed by atoms with Gasteiger partial charge in [-0.1, -0.05) is 97.1 Å². The third-order valence-corrected chi connectivity index (χ3v) is 10.4. The topological polar surface area (TPSA) is 194 Å². The van der Waals surface area contributed by atoms with Crippen LogP contribution in [0.3, 0.4) is 0 Å². The van der Waals surface area contributed by atoms with Crippen molar-refractivity contribution in [2.75, 3.05) is 0 Å². The molecule has 0 spiro atoms. The van der Waals surface area contributed by atoms with Gasteiger partial charge in [0.05, 0.1) is 17.8 Å². The molecule has 0 fully saturated rings. The zero-order valence-corrected chi connectivity index (χ0v) is 32.2. The first-order valence-corrected chi connectivity index (χ1v) is 19.5. The number of aromatic carboxylic acids is 1. The van der Waals surface area contributed by atoms with Crippen LogP contribution < -0.4 is 11.1 Å². The second kappa shape index (κ2) is 17.9. The standard InChI is InChI=1S/C23H21N5O.C12H13N3.C10H9N3O2/c29-23(20-15-18(26-27-20)14-16-6-2-1-3-7-16)25-19-11-10-17-8-4-5-9-21(17)28-13-12-24-22(19)28;13-10-6-5-9-3-1-2-4-11(9)15-8-7-14-12(10)15;14-10(15)9-11-8(12-13-9)6-7-4-2-1-3-5-7/h1-9,12-13,19H,10-11,14-15H2,(H,25,29);1-4,7-8,10H,5-6,13H2;1-5H,6H2,(H,14,15)(H,11,12,13)/t19-;10-;/m00./s1. The highest BCUT2D eigenvalue weighted by Gasteiger charge is 2.28. The summed E-state index contributed by atoms with van der Waals surface area (Å²) >= 11 is 0. The molecule has 3 aliphatic rings. The molecule has 296 valence electrons. The van der Waals surface area contributed by atoms with Crippen LogP contribution in [0, 0.1) is 0 Å². The van der Waals surface area contributed by atoms with Gasteiger partial charge in [0.15, 0.2) is 0 Å². The van der Waals surface area contributed by atoms with Gasteiger partial charge in [-0.2, -0.15) is 5.10 Å². The lowest BCUT2D eigenvalue weighted by molar-refractivity contribution is -0.115. The molecule has 4 aromatic carbocycles. The third-order valence-electron chi connectivity index (χ3n) is 10.4. The Morgan fingerprint density at radius 1 is 0.729 bits per heavy atom. The van der Waals surface area contributed by atoms with E-state index in [9.17, 15) is 9.59 Å². The number of hydrogen-bond donors (Lipinski definition) is 4. The number of imidazole rings is 2. The molecule has 14 heteroatoms. The van der Waals surface area contributed by atoms with Gasteiger partial charge in [0.25, 0.3) is 11.7 Å². The lowest BCUT2D eigenvalue weighted by Gasteiger charge is -2.16. The van der Waals surface area contributed by atoms with Crippen molar-refractivity contribution in [2.45, 2.75) is 57.0 Å². The van der Waals surface area contributed by atoms with Crippen LogP contribution in [0.1, 0.15) is 81.7 Å². The lowest BCUT2D eigenvalue weighted by Crippen LogP contribution is -2.35. The Kier molecular flexibility index (Phi) is 11.7. The van der Waals surface area contributed by atoms with E-state index >= 15 is 0 Å². The number of hydrogen-bond acceptors (Lipinski definition) is 9. The van der Waals surface area contributed by atoms with E-state index in [0.29, 0.717) is 30.8 Å². The molecule has 0 radical (unpaired) electrons. The molecule has 0 saturated carbocycles. The molecule has 1 amide bonds. The first kappa shape index (κ1) is 38.5. The molecule has 2 atom stereocenters. The summed E-state index contributed by atoms with van der Waals surface area (Å²) in [4.78, 5) is 36.1. The Balaban J connectivity index is 0.000000136. The summed E-state index contributed by atoms with van der Waals surface area (Å²) in [5, 5.41) is 26.3. The van der Waals surface area contributed by atoms with E-state index in [1.165, 1.54) is 22.4 Å². The number of nitrogens with one attached hydrogen (secondary N) is 2. The van der Waals surface area contributed by atoms with Crippen molar-refractivity contribution in [1.82, 2.24) is 39.6 Å². The Bertz CT molecular complexity index is 2610. The van der Waals surface area contributed by atoms with E-state index in [1.807, 2.05) is 79.3 Å². The molecule has 7 aromatic rings. The Morgan fingerprint density at radius 2 is 1.31 bits per heavy atom. The number of para-hydroxylation sites is 2. The third kappa shape index (κ3) is 9.13. The molecule has 0 bridgehead atoms. The predicted octanol–water partition coefficient (Wildman–Crippen LogP) is 6.33. The number of aromatic amines is 1. The van der Waals surface area contributed by atoms with Crippen molar-refractivity contribution in [3.05, 3.63) is 180 Å². The number of aromatic nitrogens is 7. The molecular weight excluding hydrogens is 743 g/mol. The van der Waals surface area contributed by atoms with E-state index in [2.05, 4.69) is 98.3 Å². The molecule has 10 rings (SSSR count). The minimum atomic E-state index is -1.12. The molecule has 0 unspecified atom stereocenters. The van der Waals surface area contributed by atoms with Crippen molar-refractivity contribution in [1.29, 1.82) is 0 Å². The summed E-state index contributed by atoms with van der Waals surface area (Å²) in [6.45, 7) is 0. The van der Waals surface area contributed by atoms with Gasteiger partial charge in [0.2, 0.25) is 0 Å². The smallest absolute Gasteiger partial charge is 0.375 e. The first-order valence-electron chi connectivity index (χ1n) is 19.5. The van der Waals surface area contributed by atoms with Crippen molar-refractivity contribution < 1.29 is 14.7 Å². The quantitative estimate of drug-likeness (QED) is 0.144. The fourth-order valence-electron chi connectivity index (χ4n) is 7.44. The fourth-order valence-corrected chi connectivity index (χ4v) is 7.44. The van der Waals surface area contributed by atoms with E-state index in [4.69, 9.17) is 10.8 Å². The molecular formula is C45H43N11O3. The minimum Gasteiger partial charge on any atom is -0.475 e. The number of aryl methyl sites for hydroxylation is 2. The van der Waals surface area contributed by atoms with E-state index in [1.54, 1.807) is 6.20 Å². The van der Waals surface area contributed by atoms with Gasteiger partial charge in [-0.3, -0.25) is 9.89 Å². The van der Waals surface area contributed by atoms with Crippen LogP contribution in [-0.2, 0) is 30.5 Å². The zero-order chi connectivity index (χ0) is 40.6. The molecule has 14 nitrogen and oxygen atoms in total. The van der Waals surface area contributed by atoms with Gasteiger partial charge in [0.1, 0.15) is 23.2 Å². The summed E-state index contributed by atoms with van der Waals surface area (Å²) in [5.41, 5.74) is 14.7. The van der Waals surface area contributed by atoms with Crippen LogP contribution in [0.25, 0.3) is 11.4 Å². The highest BCUT2D eigenvalue weighted by Crippen LogP contribution is 2.29. The number of amides is 1. The molecule has 0 aliphatic carbocycles. The Labute approximate surface area is 340 Å². The normalized spacial score (nSPS) is 16.1. The number of nitrogens with zero attached hydrogens (tertiary/aromatic N) is 8. The summed E-state index contributed by atoms with van der Waals surface area (Å²) in [6.07, 6.45) is 13.0. The maximum Gasteiger partial charge on any atom is 0.375 e. The number of nitrogens with two attached hydrogens (primary N) is 1. The molecule has 59 heavy (non-hydrogen) atoms. The zero-order valence-electron chi connectivity index (χ0n) is 32.2. The van der Waals surface area contributed by atoms with Crippen LogP contribution >= 0.6 is 0 Å². The number of H-pyrrole nitrogens is 1. The van der Waals surface area contributed by atoms with Crippen LogP contribution in [0.4, 0.5) is 0 Å². The molecule has 6 heterocycles. The van der Waals surface area contributed by atoms with Crippen LogP contribution in [0.2, 0.25) is 0 Å². The predicted molar refractivity (Wildman–Crippen MR) is 224 cm³/mol. The van der Waals surface area contributed by atoms with Crippen molar-refractivity contribution >= 4 is 23.3 Å². The second-order valence-corrected chi connectivity index (χ2v) is 14.4. The lowest BCUT2D eigenvalue weighted by atomic mass is 10.0. The van der Waals surface area contributed by atoms with Gasteiger partial charge in [-0.15, -0.1) is 10.2 Å². The SMILES string of the molecule is N[C@H]1CCc2ccccc2-n2ccnc21.O=C(N[C@H]1CCc2ccccc2-n2ccnc21)C1=NN=C(Cc2ccccc2)C1.O=C(O)c1n[nH]c(Cc2ccccc2)n1. The number of carbonyl (C=O) groups excluding carboxylic acids is 1. The molecule has 3 aliphatic heterocycles. The maximum absolute atomic E-state index is 12.9. The minimum absolute atomic E-state index is 0.0485. The molecule has 3 aromatic heterocycles. The average molecular weight is 786 g/mol. The fraction of sp³-hybridized carbons (Fsp3) is 0.200. The van der Waals surface area contributed by atoms with Gasteiger partial charge in [0, 0.05) is 55.4 Å². The van der Waals surface area contributed by atoms with Gasteiger partial charge in [-0.05, 0) is 60.1 Å². The number of fused-ring (bicyclic) bond motifs is 6. The highest BCUT2D eigenvalue weighted by molar-refractivity contribution is 6.43. The van der Waals surface area contributed by atoms with Crippen molar-refractivity contribution in [2.24, 2.45) is 15.9 Å². The van der Waals surface area contributed by atoms with Gasteiger partial charge in [-0.25, -0.2) is 19.7 Å². The number of carbonyl (C=O) groups is 2. The largest absolute Gasteiger partial charge is 0.475 e. The van der Waals surface area contributed by atoms with Crippen LogP contribution in [0.5, 0.6) is 0 Å². The van der Waals surface area contributed by atoms with Gasteiger partial charge >= 0.3 is 5.97 Å². The van der Waals surface area contributed by atoms with E-state index in [-0.39, 0.29) is 23.8 Å². The number of carboxylic acids is 1. The summed E-state index contributed by atoms with van der Waals surface area (Å²) < 4.78 is 4.17. The number of carboxylic acid groups (broad SMARTS) is 1. The molecule has 5 N–H and O–H groups in total. The summed E-state index contributed by atoms with van der Waals surface area (Å²) in [7, 11) is 0. The van der Waals surface area contributed by atoms with Crippen molar-refractivity contribution in [3.63, 3.8) is 0 Å². The number of rotatable bonds is 7. The maximum atomic E-state index is 12.9. The monoisotopic (exact) mass is 785 g/mol. The molecule has 0 saturated heterocycles. The van der Waals surface area contributed by atoms with Crippen LogP contribution in [0.15, 0.2) is 144 Å². The second-order valence-electron chi connectivity index (χ2n) is 14.4.